The zero-order chi connectivity index (χ0) is 28.6. The lowest BCUT2D eigenvalue weighted by molar-refractivity contribution is -0.115. The molecule has 2 heterocycles. The first-order valence-electron chi connectivity index (χ1n) is 13.5. The molecule has 12 heteroatoms. The van der Waals surface area contributed by atoms with Gasteiger partial charge in [-0.05, 0) is 69.4 Å². The smallest absolute Gasteiger partial charge is 0.341 e. The van der Waals surface area contributed by atoms with Gasteiger partial charge in [-0.25, -0.2) is 4.79 Å². The topological polar surface area (TPSA) is 124 Å². The molecule has 1 aromatic carbocycles. The molecule has 2 aromatic heterocycles. The summed E-state index contributed by atoms with van der Waals surface area (Å²) in [4.78, 5) is 39.4. The molecular formula is C28H35N5O5S2. The maximum absolute atomic E-state index is 13.1. The van der Waals surface area contributed by atoms with Crippen LogP contribution < -0.4 is 15.4 Å². The number of unbranched alkanes of at least 4 members (excludes halogenated alkanes) is 1. The molecule has 0 fully saturated rings. The molecule has 0 radical (unpaired) electrons. The van der Waals surface area contributed by atoms with Crippen LogP contribution in [0, 0.1) is 0 Å². The van der Waals surface area contributed by atoms with Crippen molar-refractivity contribution >= 4 is 45.9 Å². The zero-order valence-corrected chi connectivity index (χ0v) is 24.9. The molecule has 1 aliphatic rings. The molecule has 0 unspecified atom stereocenters. The Labute approximate surface area is 242 Å². The van der Waals surface area contributed by atoms with E-state index < -0.39 is 11.2 Å². The van der Waals surface area contributed by atoms with E-state index in [2.05, 4.69) is 27.8 Å². The van der Waals surface area contributed by atoms with Crippen molar-refractivity contribution < 1.29 is 23.9 Å². The van der Waals surface area contributed by atoms with Crippen molar-refractivity contribution in [1.29, 1.82) is 0 Å². The van der Waals surface area contributed by atoms with Crippen LogP contribution in [0.15, 0.2) is 29.4 Å². The first-order chi connectivity index (χ1) is 19.3. The van der Waals surface area contributed by atoms with Gasteiger partial charge in [-0.1, -0.05) is 25.1 Å². The highest BCUT2D eigenvalue weighted by Crippen LogP contribution is 2.40. The predicted octanol–water partition coefficient (Wildman–Crippen LogP) is 4.77. The van der Waals surface area contributed by atoms with Crippen molar-refractivity contribution in [2.24, 2.45) is 7.05 Å². The minimum absolute atomic E-state index is 0.182. The molecule has 10 nitrogen and oxygen atoms in total. The second-order valence-electron chi connectivity index (χ2n) is 9.40. The number of carbonyl (C=O) groups excluding carboxylic acids is 3. The molecule has 2 amide bonds. The fraction of sp³-hybridized carbons (Fsp3) is 0.464. The van der Waals surface area contributed by atoms with Crippen LogP contribution in [0.2, 0.25) is 0 Å². The van der Waals surface area contributed by atoms with Gasteiger partial charge in [0, 0.05) is 17.5 Å². The van der Waals surface area contributed by atoms with Crippen LogP contribution in [-0.2, 0) is 36.0 Å². The largest absolute Gasteiger partial charge is 0.494 e. The number of aromatic nitrogens is 3. The SMILES string of the molecule is CCCCOc1ccc(C(=O)NCc2nnc(S[C@H](C)C(=O)Nc3sc4c(c3C(=O)OCC)CCC4)n2C)cc1. The quantitative estimate of drug-likeness (QED) is 0.167. The van der Waals surface area contributed by atoms with Crippen molar-refractivity contribution in [2.45, 2.75) is 69.8 Å². The summed E-state index contributed by atoms with van der Waals surface area (Å²) in [6.45, 7) is 6.76. The number of hydrogen-bond acceptors (Lipinski definition) is 9. The van der Waals surface area contributed by atoms with E-state index in [1.54, 1.807) is 49.7 Å². The standard InChI is InChI=1S/C28H35N5O5S2/c1-5-7-15-38-19-13-11-18(12-14-19)25(35)29-16-22-31-32-28(33(22)4)39-17(3)24(34)30-26-23(27(36)37-6-2)20-9-8-10-21(20)40-26/h11-14,17H,5-10,15-16H2,1-4H3,(H,29,35)(H,30,34)/t17-/m1/s1. The number of benzene rings is 1. The Balaban J connectivity index is 1.32. The van der Waals surface area contributed by atoms with E-state index in [9.17, 15) is 14.4 Å². The molecule has 0 spiro atoms. The Morgan fingerprint density at radius 3 is 2.65 bits per heavy atom. The number of hydrogen-bond donors (Lipinski definition) is 2. The highest BCUT2D eigenvalue weighted by atomic mass is 32.2. The molecule has 1 atom stereocenters. The van der Waals surface area contributed by atoms with E-state index in [-0.39, 0.29) is 25.0 Å². The summed E-state index contributed by atoms with van der Waals surface area (Å²) in [5.74, 6) is 0.426. The third-order valence-electron chi connectivity index (χ3n) is 6.50. The molecule has 4 rings (SSSR count). The summed E-state index contributed by atoms with van der Waals surface area (Å²) >= 11 is 2.71. The van der Waals surface area contributed by atoms with Crippen LogP contribution in [0.5, 0.6) is 5.75 Å². The van der Waals surface area contributed by atoms with E-state index in [4.69, 9.17) is 9.47 Å². The minimum Gasteiger partial charge on any atom is -0.494 e. The van der Waals surface area contributed by atoms with Crippen molar-refractivity contribution in [2.75, 3.05) is 18.5 Å². The Kier molecular flexibility index (Phi) is 10.2. The van der Waals surface area contributed by atoms with Crippen LogP contribution in [0.25, 0.3) is 0 Å². The van der Waals surface area contributed by atoms with E-state index >= 15 is 0 Å². The van der Waals surface area contributed by atoms with E-state index in [1.165, 1.54) is 23.1 Å². The van der Waals surface area contributed by atoms with Crippen molar-refractivity contribution in [3.63, 3.8) is 0 Å². The lowest BCUT2D eigenvalue weighted by atomic mass is 10.1. The predicted molar refractivity (Wildman–Crippen MR) is 155 cm³/mol. The number of ether oxygens (including phenoxy) is 2. The number of aryl methyl sites for hydroxylation is 1. The van der Waals surface area contributed by atoms with E-state index in [0.717, 1.165) is 48.3 Å². The first-order valence-corrected chi connectivity index (χ1v) is 15.2. The maximum atomic E-state index is 13.1. The summed E-state index contributed by atoms with van der Waals surface area (Å²) < 4.78 is 12.7. The number of carbonyl (C=O) groups is 3. The number of rotatable bonds is 13. The van der Waals surface area contributed by atoms with Crippen LogP contribution in [0.1, 0.15) is 77.0 Å². The number of nitrogens with zero attached hydrogens (tertiary/aromatic N) is 3. The van der Waals surface area contributed by atoms with Gasteiger partial charge in [-0.15, -0.1) is 21.5 Å². The highest BCUT2D eigenvalue weighted by Gasteiger charge is 2.29. The number of thioether (sulfide) groups is 1. The number of amides is 2. The van der Waals surface area contributed by atoms with E-state index in [0.29, 0.717) is 33.7 Å². The van der Waals surface area contributed by atoms with Gasteiger partial charge in [0.05, 0.1) is 30.6 Å². The summed E-state index contributed by atoms with van der Waals surface area (Å²) in [5, 5.41) is 14.8. The van der Waals surface area contributed by atoms with Crippen LogP contribution >= 0.6 is 23.1 Å². The second kappa shape index (κ2) is 13.8. The summed E-state index contributed by atoms with van der Waals surface area (Å²) in [6, 6.07) is 7.02. The second-order valence-corrected chi connectivity index (χ2v) is 11.8. The normalized spacial score (nSPS) is 13.0. The van der Waals surface area contributed by atoms with Crippen LogP contribution in [-0.4, -0.2) is 51.0 Å². The molecule has 2 N–H and O–H groups in total. The summed E-state index contributed by atoms with van der Waals surface area (Å²) in [7, 11) is 1.79. The minimum atomic E-state index is -0.504. The number of fused-ring (bicyclic) bond motifs is 1. The zero-order valence-electron chi connectivity index (χ0n) is 23.2. The number of anilines is 1. The first kappa shape index (κ1) is 29.6. The number of esters is 1. The van der Waals surface area contributed by atoms with Gasteiger partial charge in [-0.3, -0.25) is 9.59 Å². The van der Waals surface area contributed by atoms with Gasteiger partial charge in [0.2, 0.25) is 5.91 Å². The average Bonchev–Trinajstić information content (AvgIpc) is 3.63. The lowest BCUT2D eigenvalue weighted by Crippen LogP contribution is -2.25. The molecule has 3 aromatic rings. The fourth-order valence-corrected chi connectivity index (χ4v) is 6.35. The van der Waals surface area contributed by atoms with Crippen molar-refractivity contribution in [1.82, 2.24) is 20.1 Å². The Bertz CT molecular complexity index is 1350. The van der Waals surface area contributed by atoms with Gasteiger partial charge in [0.15, 0.2) is 11.0 Å². The summed E-state index contributed by atoms with van der Waals surface area (Å²) in [6.07, 6.45) is 4.77. The third kappa shape index (κ3) is 7.03. The van der Waals surface area contributed by atoms with E-state index in [1.807, 2.05) is 0 Å². The fourth-order valence-electron chi connectivity index (χ4n) is 4.24. The maximum Gasteiger partial charge on any atom is 0.341 e. The van der Waals surface area contributed by atoms with Gasteiger partial charge < -0.3 is 24.7 Å². The monoisotopic (exact) mass is 585 g/mol. The highest BCUT2D eigenvalue weighted by molar-refractivity contribution is 8.00. The molecular weight excluding hydrogens is 550 g/mol. The average molecular weight is 586 g/mol. The summed E-state index contributed by atoms with van der Waals surface area (Å²) in [5.41, 5.74) is 2.00. The Morgan fingerprint density at radius 2 is 1.93 bits per heavy atom. The number of nitrogens with one attached hydrogen (secondary N) is 2. The lowest BCUT2D eigenvalue weighted by Gasteiger charge is -2.12. The molecule has 0 bridgehead atoms. The van der Waals surface area contributed by atoms with Crippen LogP contribution in [0.4, 0.5) is 5.00 Å². The molecule has 0 aliphatic heterocycles. The molecule has 214 valence electrons. The Hall–Kier alpha value is -3.38. The van der Waals surface area contributed by atoms with Gasteiger partial charge in [-0.2, -0.15) is 0 Å². The third-order valence-corrected chi connectivity index (χ3v) is 8.85. The number of thiophene rings is 1. The van der Waals surface area contributed by atoms with Crippen LogP contribution in [0.3, 0.4) is 0 Å². The Morgan fingerprint density at radius 1 is 1.15 bits per heavy atom. The van der Waals surface area contributed by atoms with Gasteiger partial charge >= 0.3 is 5.97 Å². The molecule has 1 aliphatic carbocycles. The molecule has 0 saturated carbocycles. The molecule has 0 saturated heterocycles. The van der Waals surface area contributed by atoms with Gasteiger partial charge in [0.25, 0.3) is 5.91 Å². The van der Waals surface area contributed by atoms with Crippen molar-refractivity contribution in [3.05, 3.63) is 51.7 Å². The van der Waals surface area contributed by atoms with Gasteiger partial charge in [0.1, 0.15) is 10.8 Å². The molecule has 40 heavy (non-hydrogen) atoms. The van der Waals surface area contributed by atoms with Crippen molar-refractivity contribution in [3.8, 4) is 5.75 Å².